The fourth-order valence-electron chi connectivity index (χ4n) is 2.68. The predicted octanol–water partition coefficient (Wildman–Crippen LogP) is 4.41. The molecule has 21 heavy (non-hydrogen) atoms. The van der Waals surface area contributed by atoms with Gasteiger partial charge in [0, 0.05) is 11.3 Å². The predicted molar refractivity (Wildman–Crippen MR) is 78.7 cm³/mol. The second-order valence-electron chi connectivity index (χ2n) is 5.08. The summed E-state index contributed by atoms with van der Waals surface area (Å²) < 4.78 is 20.2. The van der Waals surface area contributed by atoms with Crippen LogP contribution in [0.1, 0.15) is 11.1 Å². The Labute approximate surface area is 121 Å². The van der Waals surface area contributed by atoms with Crippen LogP contribution in [0.25, 0.3) is 21.6 Å². The maximum absolute atomic E-state index is 14.3. The van der Waals surface area contributed by atoms with Gasteiger partial charge in [0.15, 0.2) is 0 Å². The second kappa shape index (κ2) is 5.46. The van der Waals surface area contributed by atoms with Crippen LogP contribution < -0.4 is 4.74 Å². The molecular weight excluding hydrogens is 269 g/mol. The molecule has 5 heteroatoms. The molecule has 1 atom stereocenters. The molecular formula is C16H14FN3O. The molecule has 0 saturated carbocycles. The molecule has 0 fully saturated rings. The van der Waals surface area contributed by atoms with Crippen LogP contribution >= 0.6 is 0 Å². The van der Waals surface area contributed by atoms with Crippen LogP contribution in [0.2, 0.25) is 0 Å². The zero-order valence-corrected chi connectivity index (χ0v) is 11.6. The summed E-state index contributed by atoms with van der Waals surface area (Å²) in [6.45, 7) is 2.20. The number of hydrogen-bond donors (Lipinski definition) is 0. The zero-order valence-electron chi connectivity index (χ0n) is 11.6. The lowest BCUT2D eigenvalue weighted by Crippen LogP contribution is -2.16. The molecule has 4 nitrogen and oxygen atoms in total. The lowest BCUT2D eigenvalue weighted by Gasteiger charge is -2.13. The Hall–Kier alpha value is -2.52. The van der Waals surface area contributed by atoms with E-state index in [4.69, 9.17) is 10.3 Å². The monoisotopic (exact) mass is 283 g/mol. The van der Waals surface area contributed by atoms with Crippen molar-refractivity contribution < 1.29 is 9.13 Å². The fourth-order valence-corrected chi connectivity index (χ4v) is 2.68. The van der Waals surface area contributed by atoms with Crippen LogP contribution in [0.15, 0.2) is 41.5 Å². The van der Waals surface area contributed by atoms with E-state index in [0.717, 1.165) is 16.7 Å². The largest absolute Gasteiger partial charge is 0.489 e. The summed E-state index contributed by atoms with van der Waals surface area (Å²) in [6, 6.07) is 10.8. The number of benzene rings is 2. The first-order valence-electron chi connectivity index (χ1n) is 6.75. The van der Waals surface area contributed by atoms with Gasteiger partial charge in [-0.3, -0.25) is 0 Å². The molecule has 0 radical (unpaired) electrons. The van der Waals surface area contributed by atoms with Gasteiger partial charge in [-0.2, -0.15) is 0 Å². The quantitative estimate of drug-likeness (QED) is 0.467. The van der Waals surface area contributed by atoms with Gasteiger partial charge in [0.1, 0.15) is 17.7 Å². The highest BCUT2D eigenvalue weighted by Crippen LogP contribution is 2.41. The number of azide groups is 1. The standard InChI is InChI=1S/C16H14FN3O/c1-10-4-2-3-5-13(10)15-14(17)7-6-11-8-12(9-19-20-18)21-16(11)15/h2-7,12H,8-9H2,1H3. The molecule has 0 N–H and O–H groups in total. The Morgan fingerprint density at radius 3 is 2.90 bits per heavy atom. The maximum atomic E-state index is 14.3. The van der Waals surface area contributed by atoms with Gasteiger partial charge in [-0.15, -0.1) is 0 Å². The van der Waals surface area contributed by atoms with Gasteiger partial charge in [0.2, 0.25) is 0 Å². The Balaban J connectivity index is 2.07. The SMILES string of the molecule is Cc1ccccc1-c1c(F)ccc2c1OC(CN=[N+]=[N-])C2. The van der Waals surface area contributed by atoms with Gasteiger partial charge in [0.25, 0.3) is 0 Å². The molecule has 0 aliphatic carbocycles. The minimum absolute atomic E-state index is 0.222. The Morgan fingerprint density at radius 2 is 2.14 bits per heavy atom. The van der Waals surface area contributed by atoms with E-state index < -0.39 is 0 Å². The highest BCUT2D eigenvalue weighted by Gasteiger charge is 2.27. The molecule has 0 spiro atoms. The van der Waals surface area contributed by atoms with Crippen molar-refractivity contribution in [3.05, 3.63) is 63.8 Å². The lowest BCUT2D eigenvalue weighted by molar-refractivity contribution is 0.241. The third kappa shape index (κ3) is 2.43. The van der Waals surface area contributed by atoms with Crippen LogP contribution in [0.3, 0.4) is 0 Å². The highest BCUT2D eigenvalue weighted by molar-refractivity contribution is 5.76. The summed E-state index contributed by atoms with van der Waals surface area (Å²) >= 11 is 0. The summed E-state index contributed by atoms with van der Waals surface area (Å²) in [5, 5.41) is 3.54. The minimum Gasteiger partial charge on any atom is -0.489 e. The number of fused-ring (bicyclic) bond motifs is 1. The Bertz CT molecular complexity index is 738. The molecule has 2 aromatic rings. The van der Waals surface area contributed by atoms with Crippen molar-refractivity contribution in [3.8, 4) is 16.9 Å². The van der Waals surface area contributed by atoms with Crippen LogP contribution in [0, 0.1) is 12.7 Å². The third-order valence-corrected chi connectivity index (χ3v) is 3.68. The first-order chi connectivity index (χ1) is 10.2. The lowest BCUT2D eigenvalue weighted by atomic mass is 9.96. The first-order valence-corrected chi connectivity index (χ1v) is 6.75. The number of ether oxygens (including phenoxy) is 1. The van der Waals surface area contributed by atoms with E-state index in [2.05, 4.69) is 10.0 Å². The van der Waals surface area contributed by atoms with Crippen molar-refractivity contribution in [2.75, 3.05) is 6.54 Å². The van der Waals surface area contributed by atoms with E-state index in [-0.39, 0.29) is 18.5 Å². The molecule has 1 heterocycles. The van der Waals surface area contributed by atoms with Gasteiger partial charge >= 0.3 is 0 Å². The molecule has 0 aromatic heterocycles. The van der Waals surface area contributed by atoms with Crippen molar-refractivity contribution >= 4 is 0 Å². The summed E-state index contributed by atoms with van der Waals surface area (Å²) in [5.41, 5.74) is 11.7. The molecule has 1 unspecified atom stereocenters. The van der Waals surface area contributed by atoms with E-state index in [1.165, 1.54) is 6.07 Å². The average molecular weight is 283 g/mol. The molecule has 1 aliphatic rings. The summed E-state index contributed by atoms with van der Waals surface area (Å²) in [4.78, 5) is 2.75. The van der Waals surface area contributed by atoms with Gasteiger partial charge in [-0.05, 0) is 35.2 Å². The number of aryl methyl sites for hydroxylation is 1. The van der Waals surface area contributed by atoms with E-state index >= 15 is 0 Å². The minimum atomic E-state index is -0.299. The van der Waals surface area contributed by atoms with Crippen LogP contribution in [0.4, 0.5) is 4.39 Å². The molecule has 106 valence electrons. The molecule has 3 rings (SSSR count). The van der Waals surface area contributed by atoms with Crippen molar-refractivity contribution in [2.45, 2.75) is 19.4 Å². The van der Waals surface area contributed by atoms with Crippen LogP contribution in [0.5, 0.6) is 5.75 Å². The van der Waals surface area contributed by atoms with Crippen molar-refractivity contribution in [2.24, 2.45) is 5.11 Å². The number of hydrogen-bond acceptors (Lipinski definition) is 2. The third-order valence-electron chi connectivity index (χ3n) is 3.68. The number of rotatable bonds is 3. The highest BCUT2D eigenvalue weighted by atomic mass is 19.1. The van der Waals surface area contributed by atoms with E-state index in [1.807, 2.05) is 31.2 Å². The maximum Gasteiger partial charge on any atom is 0.134 e. The van der Waals surface area contributed by atoms with Gasteiger partial charge < -0.3 is 4.74 Å². The van der Waals surface area contributed by atoms with Crippen LogP contribution in [-0.2, 0) is 6.42 Å². The van der Waals surface area contributed by atoms with Gasteiger partial charge in [-0.1, -0.05) is 35.4 Å². The number of halogens is 1. The van der Waals surface area contributed by atoms with Crippen LogP contribution in [-0.4, -0.2) is 12.6 Å². The average Bonchev–Trinajstić information content (AvgIpc) is 2.89. The van der Waals surface area contributed by atoms with E-state index in [9.17, 15) is 4.39 Å². The molecule has 0 bridgehead atoms. The molecule has 0 saturated heterocycles. The smallest absolute Gasteiger partial charge is 0.134 e. The van der Waals surface area contributed by atoms with Crippen molar-refractivity contribution in [1.82, 2.24) is 0 Å². The Morgan fingerprint density at radius 1 is 1.33 bits per heavy atom. The Kier molecular flexibility index (Phi) is 3.50. The molecule has 1 aliphatic heterocycles. The van der Waals surface area contributed by atoms with Gasteiger partial charge in [0.05, 0.1) is 12.1 Å². The first kappa shape index (κ1) is 13.5. The second-order valence-corrected chi connectivity index (χ2v) is 5.08. The van der Waals surface area contributed by atoms with E-state index in [1.54, 1.807) is 6.07 Å². The topological polar surface area (TPSA) is 58.0 Å². The van der Waals surface area contributed by atoms with E-state index in [0.29, 0.717) is 17.7 Å². The zero-order chi connectivity index (χ0) is 14.8. The fraction of sp³-hybridized carbons (Fsp3) is 0.250. The summed E-state index contributed by atoms with van der Waals surface area (Å²) in [5.74, 6) is 0.273. The summed E-state index contributed by atoms with van der Waals surface area (Å²) in [6.07, 6.45) is 0.411. The molecule has 2 aromatic carbocycles. The normalized spacial score (nSPS) is 16.0. The number of nitrogens with zero attached hydrogens (tertiary/aromatic N) is 3. The van der Waals surface area contributed by atoms with Crippen molar-refractivity contribution in [1.29, 1.82) is 0 Å². The molecule has 0 amide bonds. The van der Waals surface area contributed by atoms with Crippen molar-refractivity contribution in [3.63, 3.8) is 0 Å². The summed E-state index contributed by atoms with van der Waals surface area (Å²) in [7, 11) is 0. The van der Waals surface area contributed by atoms with Gasteiger partial charge in [-0.25, -0.2) is 4.39 Å².